The van der Waals surface area contributed by atoms with Crippen molar-refractivity contribution in [2.45, 2.75) is 25.7 Å². The second-order valence-corrected chi connectivity index (χ2v) is 7.26. The average Bonchev–Trinajstić information content (AvgIpc) is 3.23. The summed E-state index contributed by atoms with van der Waals surface area (Å²) in [5, 5.41) is 0. The molecular weight excluding hydrogens is 390 g/mol. The first-order chi connectivity index (χ1) is 14.5. The van der Waals surface area contributed by atoms with Gasteiger partial charge >= 0.3 is 5.97 Å². The number of esters is 1. The molecule has 1 aliphatic carbocycles. The summed E-state index contributed by atoms with van der Waals surface area (Å²) in [5.41, 5.74) is 0.445. The average molecular weight is 409 g/mol. The van der Waals surface area contributed by atoms with Gasteiger partial charge in [-0.2, -0.15) is 0 Å². The van der Waals surface area contributed by atoms with Gasteiger partial charge < -0.3 is 14.1 Å². The van der Waals surface area contributed by atoms with Crippen molar-refractivity contribution in [2.24, 2.45) is 0 Å². The van der Waals surface area contributed by atoms with Gasteiger partial charge in [0.05, 0.1) is 5.56 Å². The van der Waals surface area contributed by atoms with Gasteiger partial charge in [0.25, 0.3) is 5.91 Å². The molecule has 0 N–H and O–H groups in total. The fraction of sp³-hybridized carbons (Fsp3) is 0.318. The zero-order valence-corrected chi connectivity index (χ0v) is 16.1. The van der Waals surface area contributed by atoms with E-state index in [1.165, 1.54) is 18.2 Å². The summed E-state index contributed by atoms with van der Waals surface area (Å²) in [5.74, 6) is -3.29. The number of rotatable bonds is 5. The number of amides is 1. The lowest BCUT2D eigenvalue weighted by molar-refractivity contribution is -0.151. The highest BCUT2D eigenvalue weighted by atomic mass is 16.5. The minimum absolute atomic E-state index is 0.00399. The van der Waals surface area contributed by atoms with Crippen LogP contribution in [0.3, 0.4) is 0 Å². The van der Waals surface area contributed by atoms with Crippen LogP contribution in [-0.4, -0.2) is 53.8 Å². The van der Waals surface area contributed by atoms with Crippen LogP contribution in [0.2, 0.25) is 0 Å². The van der Waals surface area contributed by atoms with Crippen LogP contribution in [0.5, 0.6) is 0 Å². The van der Waals surface area contributed by atoms with E-state index < -0.39 is 36.3 Å². The van der Waals surface area contributed by atoms with Crippen LogP contribution in [0.1, 0.15) is 68.3 Å². The Morgan fingerprint density at radius 3 is 2.30 bits per heavy atom. The minimum atomic E-state index is -0.874. The fourth-order valence-corrected chi connectivity index (χ4v) is 3.66. The molecule has 1 aliphatic heterocycles. The molecule has 1 amide bonds. The Labute approximate surface area is 171 Å². The van der Waals surface area contributed by atoms with Gasteiger partial charge in [-0.3, -0.25) is 24.0 Å². The highest BCUT2D eigenvalue weighted by molar-refractivity contribution is 6.28. The van der Waals surface area contributed by atoms with E-state index in [1.54, 1.807) is 17.0 Å². The maximum atomic E-state index is 12.6. The Kier molecular flexibility index (Phi) is 5.31. The molecule has 154 valence electrons. The molecule has 2 heterocycles. The maximum absolute atomic E-state index is 12.6. The van der Waals surface area contributed by atoms with Gasteiger partial charge in [0, 0.05) is 24.2 Å². The van der Waals surface area contributed by atoms with Crippen LogP contribution in [0.25, 0.3) is 0 Å². The summed E-state index contributed by atoms with van der Waals surface area (Å²) in [4.78, 5) is 63.2. The number of carbonyl (C=O) groups is 5. The second-order valence-electron chi connectivity index (χ2n) is 7.26. The van der Waals surface area contributed by atoms with Crippen molar-refractivity contribution >= 4 is 29.2 Å². The topological polar surface area (TPSA) is 111 Å². The largest absolute Gasteiger partial charge is 0.455 e. The predicted molar refractivity (Wildman–Crippen MR) is 102 cm³/mol. The number of ether oxygens (including phenoxy) is 1. The van der Waals surface area contributed by atoms with Crippen molar-refractivity contribution in [3.63, 3.8) is 0 Å². The Morgan fingerprint density at radius 2 is 1.60 bits per heavy atom. The van der Waals surface area contributed by atoms with Gasteiger partial charge in [0.15, 0.2) is 23.9 Å². The first-order valence-corrected chi connectivity index (χ1v) is 9.74. The highest BCUT2D eigenvalue weighted by Crippen LogP contribution is 2.30. The van der Waals surface area contributed by atoms with Crippen LogP contribution in [0.4, 0.5) is 0 Å². The van der Waals surface area contributed by atoms with Crippen molar-refractivity contribution in [1.82, 2.24) is 4.90 Å². The lowest BCUT2D eigenvalue weighted by Gasteiger charge is -2.26. The molecule has 0 spiro atoms. The van der Waals surface area contributed by atoms with E-state index in [4.69, 9.17) is 9.15 Å². The van der Waals surface area contributed by atoms with Crippen LogP contribution in [0.15, 0.2) is 34.7 Å². The molecule has 1 aromatic carbocycles. The van der Waals surface area contributed by atoms with E-state index in [2.05, 4.69) is 0 Å². The van der Waals surface area contributed by atoms with E-state index in [-0.39, 0.29) is 34.1 Å². The molecule has 8 nitrogen and oxygen atoms in total. The molecule has 8 heteroatoms. The van der Waals surface area contributed by atoms with Crippen LogP contribution >= 0.6 is 0 Å². The summed E-state index contributed by atoms with van der Waals surface area (Å²) in [6.45, 7) is 0.850. The van der Waals surface area contributed by atoms with Crippen molar-refractivity contribution in [3.8, 4) is 0 Å². The van der Waals surface area contributed by atoms with Crippen LogP contribution < -0.4 is 0 Å². The number of likely N-dealkylation sites (tertiary alicyclic amines) is 1. The first-order valence-electron chi connectivity index (χ1n) is 9.74. The smallest absolute Gasteiger partial charge is 0.314 e. The first kappa shape index (κ1) is 19.8. The number of ketones is 3. The van der Waals surface area contributed by atoms with Crippen LogP contribution in [0, 0.1) is 0 Å². The SMILES string of the molecule is O=C(CC(=O)c1cc2c(o1)C(=O)c1ccccc1C2=O)OCC(=O)N1CCCCC1. The molecule has 0 bridgehead atoms. The molecule has 0 radical (unpaired) electrons. The van der Waals surface area contributed by atoms with Gasteiger partial charge in [0.1, 0.15) is 6.42 Å². The number of furan rings is 1. The summed E-state index contributed by atoms with van der Waals surface area (Å²) in [6.07, 6.45) is 2.25. The number of hydrogen-bond acceptors (Lipinski definition) is 7. The number of piperidine rings is 1. The number of nitrogens with zero attached hydrogens (tertiary/aromatic N) is 1. The summed E-state index contributed by atoms with van der Waals surface area (Å²) < 4.78 is 10.2. The zero-order chi connectivity index (χ0) is 21.3. The van der Waals surface area contributed by atoms with Crippen molar-refractivity contribution in [1.29, 1.82) is 0 Å². The molecule has 30 heavy (non-hydrogen) atoms. The maximum Gasteiger partial charge on any atom is 0.314 e. The number of Topliss-reactive ketones (excluding diaryl/α,β-unsaturated/α-hetero) is 1. The van der Waals surface area contributed by atoms with Crippen molar-refractivity contribution < 1.29 is 33.1 Å². The standard InChI is InChI=1S/C22H19NO7/c24-16(11-19(26)29-12-18(25)23-8-4-1-5-9-23)17-10-15-20(27)13-6-2-3-7-14(13)21(28)22(15)30-17/h2-3,6-7,10H,1,4-5,8-9,11-12H2. The molecule has 1 aromatic heterocycles. The summed E-state index contributed by atoms with van der Waals surface area (Å²) in [6, 6.07) is 7.50. The van der Waals surface area contributed by atoms with E-state index in [9.17, 15) is 24.0 Å². The number of hydrogen-bond donors (Lipinski definition) is 0. The Bertz CT molecular complexity index is 1010. The van der Waals surface area contributed by atoms with E-state index >= 15 is 0 Å². The third-order valence-electron chi connectivity index (χ3n) is 5.24. The quantitative estimate of drug-likeness (QED) is 0.361. The number of benzene rings is 1. The van der Waals surface area contributed by atoms with E-state index in [1.807, 2.05) is 0 Å². The molecular formula is C22H19NO7. The predicted octanol–water partition coefficient (Wildman–Crippen LogP) is 2.18. The van der Waals surface area contributed by atoms with E-state index in [0.29, 0.717) is 13.1 Å². The van der Waals surface area contributed by atoms with Gasteiger partial charge in [-0.05, 0) is 25.3 Å². The molecule has 1 fully saturated rings. The summed E-state index contributed by atoms with van der Waals surface area (Å²) in [7, 11) is 0. The van der Waals surface area contributed by atoms with Gasteiger partial charge in [-0.15, -0.1) is 0 Å². The molecule has 0 saturated carbocycles. The third-order valence-corrected chi connectivity index (χ3v) is 5.24. The normalized spacial score (nSPS) is 15.4. The molecule has 2 aliphatic rings. The molecule has 2 aromatic rings. The second kappa shape index (κ2) is 8.06. The monoisotopic (exact) mass is 409 g/mol. The third kappa shape index (κ3) is 3.68. The minimum Gasteiger partial charge on any atom is -0.455 e. The van der Waals surface area contributed by atoms with Crippen molar-refractivity contribution in [2.75, 3.05) is 19.7 Å². The lowest BCUT2D eigenvalue weighted by Crippen LogP contribution is -2.38. The van der Waals surface area contributed by atoms with Gasteiger partial charge in [0.2, 0.25) is 11.6 Å². The van der Waals surface area contributed by atoms with Crippen LogP contribution in [-0.2, 0) is 14.3 Å². The zero-order valence-electron chi connectivity index (χ0n) is 16.1. The molecule has 4 rings (SSSR count). The highest BCUT2D eigenvalue weighted by Gasteiger charge is 2.34. The summed E-state index contributed by atoms with van der Waals surface area (Å²) >= 11 is 0. The molecule has 0 unspecified atom stereocenters. The molecule has 1 saturated heterocycles. The van der Waals surface area contributed by atoms with Crippen molar-refractivity contribution in [3.05, 3.63) is 58.5 Å². The fourth-order valence-electron chi connectivity index (χ4n) is 3.66. The van der Waals surface area contributed by atoms with Gasteiger partial charge in [-0.1, -0.05) is 24.3 Å². The lowest BCUT2D eigenvalue weighted by atomic mass is 9.88. The number of carbonyl (C=O) groups excluding carboxylic acids is 5. The molecule has 0 atom stereocenters. The van der Waals surface area contributed by atoms with Gasteiger partial charge in [-0.25, -0.2) is 0 Å². The Balaban J connectivity index is 1.40. The number of fused-ring (bicyclic) bond motifs is 2. The van der Waals surface area contributed by atoms with E-state index in [0.717, 1.165) is 19.3 Å². The Hall–Kier alpha value is -3.55. The Morgan fingerprint density at radius 1 is 0.933 bits per heavy atom.